The van der Waals surface area contributed by atoms with Crippen molar-refractivity contribution in [1.82, 2.24) is 15.0 Å². The molecule has 0 fully saturated rings. The standard InChI is InChI=1S/C48H71N5O13/c1-2-21-57-27-33-63-35-37-65-44-14-8-6-12-42(44)39-52(16-22-58-28-30-60-24-18-54)47-49-46(41-10-4-3-5-11-41)50-48(51-47)53(17-23-59-29-31-61-25-19-55)40-43-13-7-9-15-45(43)66-38-36-64-34-32-62-26-20-56/h3-15,54-56H,2,16-40H2,1H3. The van der Waals surface area contributed by atoms with Crippen LogP contribution in [0, 0.1) is 0 Å². The molecule has 3 aromatic carbocycles. The van der Waals surface area contributed by atoms with Gasteiger partial charge in [0.05, 0.1) is 119 Å². The third-order valence-electron chi connectivity index (χ3n) is 9.40. The second kappa shape index (κ2) is 35.6. The molecule has 1 heterocycles. The molecule has 366 valence electrons. The van der Waals surface area contributed by atoms with Crippen LogP contribution in [0.4, 0.5) is 11.9 Å². The highest BCUT2D eigenvalue weighted by molar-refractivity contribution is 5.59. The fraction of sp³-hybridized carbons (Fsp3) is 0.562. The zero-order valence-electron chi connectivity index (χ0n) is 38.6. The molecule has 0 aliphatic heterocycles. The lowest BCUT2D eigenvalue weighted by molar-refractivity contribution is 0.0246. The number of aromatic nitrogens is 3. The SMILES string of the molecule is CCCOCCOCCOc1ccccc1CN(CCOCCOCCO)c1nc(-c2ccccc2)nc(N(CCOCCOCCO)Cc2ccccc2OCCOCCOCCO)n1. The molecule has 18 heteroatoms. The second-order valence-electron chi connectivity index (χ2n) is 14.5. The van der Waals surface area contributed by atoms with Gasteiger partial charge in [-0.05, 0) is 18.6 Å². The van der Waals surface area contributed by atoms with E-state index in [0.29, 0.717) is 155 Å². The van der Waals surface area contributed by atoms with Crippen LogP contribution in [0.5, 0.6) is 11.5 Å². The van der Waals surface area contributed by atoms with Gasteiger partial charge in [-0.2, -0.15) is 15.0 Å². The highest BCUT2D eigenvalue weighted by Gasteiger charge is 2.21. The molecule has 1 aromatic heterocycles. The van der Waals surface area contributed by atoms with Crippen LogP contribution in [0.15, 0.2) is 78.9 Å². The van der Waals surface area contributed by atoms with Crippen molar-refractivity contribution in [3.63, 3.8) is 0 Å². The minimum Gasteiger partial charge on any atom is -0.491 e. The summed E-state index contributed by atoms with van der Waals surface area (Å²) in [5, 5.41) is 27.2. The van der Waals surface area contributed by atoms with Crippen molar-refractivity contribution >= 4 is 11.9 Å². The van der Waals surface area contributed by atoms with Gasteiger partial charge in [0.2, 0.25) is 11.9 Å². The maximum Gasteiger partial charge on any atom is 0.231 e. The molecule has 0 aliphatic carbocycles. The summed E-state index contributed by atoms with van der Waals surface area (Å²) in [6, 6.07) is 25.5. The quantitative estimate of drug-likeness (QED) is 0.0543. The second-order valence-corrected chi connectivity index (χ2v) is 14.5. The van der Waals surface area contributed by atoms with Crippen molar-refractivity contribution in [3.05, 3.63) is 90.0 Å². The molecule has 0 saturated heterocycles. The lowest BCUT2D eigenvalue weighted by Crippen LogP contribution is -2.33. The summed E-state index contributed by atoms with van der Waals surface area (Å²) in [5.74, 6) is 2.73. The van der Waals surface area contributed by atoms with Gasteiger partial charge in [-0.3, -0.25) is 0 Å². The van der Waals surface area contributed by atoms with Crippen LogP contribution in [0.2, 0.25) is 0 Å². The van der Waals surface area contributed by atoms with Crippen LogP contribution in [-0.4, -0.2) is 182 Å². The normalized spacial score (nSPS) is 11.3. The average molecular weight is 926 g/mol. The Morgan fingerprint density at radius 2 is 0.758 bits per heavy atom. The van der Waals surface area contributed by atoms with Gasteiger partial charge in [-0.1, -0.05) is 73.7 Å². The predicted octanol–water partition coefficient (Wildman–Crippen LogP) is 3.83. The number of nitrogens with zero attached hydrogens (tertiary/aromatic N) is 5. The van der Waals surface area contributed by atoms with Gasteiger partial charge in [-0.15, -0.1) is 0 Å². The molecule has 4 aromatic rings. The van der Waals surface area contributed by atoms with Crippen LogP contribution >= 0.6 is 0 Å². The number of para-hydroxylation sites is 2. The highest BCUT2D eigenvalue weighted by Crippen LogP contribution is 2.28. The summed E-state index contributed by atoms with van der Waals surface area (Å²) in [5.41, 5.74) is 2.63. The van der Waals surface area contributed by atoms with Gasteiger partial charge in [-0.25, -0.2) is 0 Å². The molecule has 0 amide bonds. The number of benzene rings is 3. The van der Waals surface area contributed by atoms with E-state index in [-0.39, 0.29) is 39.6 Å². The molecule has 0 saturated carbocycles. The lowest BCUT2D eigenvalue weighted by Gasteiger charge is -2.28. The number of hydrogen-bond acceptors (Lipinski definition) is 18. The van der Waals surface area contributed by atoms with Crippen molar-refractivity contribution < 1.29 is 62.7 Å². The molecule has 4 rings (SSSR count). The molecule has 0 spiro atoms. The summed E-state index contributed by atoms with van der Waals surface area (Å²) in [6.45, 7) is 10.3. The van der Waals surface area contributed by atoms with Crippen molar-refractivity contribution in [3.8, 4) is 22.9 Å². The van der Waals surface area contributed by atoms with Crippen LogP contribution in [-0.2, 0) is 51.0 Å². The first-order valence-corrected chi connectivity index (χ1v) is 22.8. The zero-order chi connectivity index (χ0) is 46.5. The van der Waals surface area contributed by atoms with Gasteiger partial charge in [0.25, 0.3) is 0 Å². The first-order chi connectivity index (χ1) is 32.7. The van der Waals surface area contributed by atoms with E-state index in [1.807, 2.05) is 83.8 Å². The lowest BCUT2D eigenvalue weighted by atomic mass is 10.2. The van der Waals surface area contributed by atoms with E-state index in [2.05, 4.69) is 11.8 Å². The summed E-state index contributed by atoms with van der Waals surface area (Å²) < 4.78 is 57.6. The third kappa shape index (κ3) is 22.3. The molecule has 0 atom stereocenters. The summed E-state index contributed by atoms with van der Waals surface area (Å²) in [6.07, 6.45) is 0.963. The number of ether oxygens (including phenoxy) is 10. The molecule has 3 N–H and O–H groups in total. The number of aliphatic hydroxyl groups is 3. The number of hydrogen-bond donors (Lipinski definition) is 3. The Bertz CT molecular complexity index is 1700. The number of aliphatic hydroxyl groups excluding tert-OH is 3. The van der Waals surface area contributed by atoms with Gasteiger partial charge in [0, 0.05) is 49.5 Å². The van der Waals surface area contributed by atoms with Crippen LogP contribution < -0.4 is 19.3 Å². The highest BCUT2D eigenvalue weighted by atomic mass is 16.6. The third-order valence-corrected chi connectivity index (χ3v) is 9.40. The number of anilines is 2. The minimum atomic E-state index is -0.0584. The Hall–Kier alpha value is -4.57. The fourth-order valence-corrected chi connectivity index (χ4v) is 6.21. The fourth-order valence-electron chi connectivity index (χ4n) is 6.21. The Labute approximate surface area is 389 Å². The summed E-state index contributed by atoms with van der Waals surface area (Å²) in [4.78, 5) is 19.4. The summed E-state index contributed by atoms with van der Waals surface area (Å²) >= 11 is 0. The van der Waals surface area contributed by atoms with Gasteiger partial charge in [0.15, 0.2) is 5.82 Å². The van der Waals surface area contributed by atoms with E-state index < -0.39 is 0 Å². The van der Waals surface area contributed by atoms with E-state index in [0.717, 1.165) is 23.1 Å². The van der Waals surface area contributed by atoms with Crippen molar-refractivity contribution in [2.24, 2.45) is 0 Å². The predicted molar refractivity (Wildman–Crippen MR) is 249 cm³/mol. The smallest absolute Gasteiger partial charge is 0.231 e. The molecule has 18 nitrogen and oxygen atoms in total. The van der Waals surface area contributed by atoms with Crippen molar-refractivity contribution in [2.75, 3.05) is 162 Å². The molecule has 0 bridgehead atoms. The van der Waals surface area contributed by atoms with Crippen LogP contribution in [0.1, 0.15) is 24.5 Å². The monoisotopic (exact) mass is 926 g/mol. The van der Waals surface area contributed by atoms with Gasteiger partial charge < -0.3 is 72.5 Å². The van der Waals surface area contributed by atoms with E-state index >= 15 is 0 Å². The molecule has 0 radical (unpaired) electrons. The Balaban J connectivity index is 1.65. The molecule has 0 aliphatic rings. The largest absolute Gasteiger partial charge is 0.491 e. The topological polar surface area (TPSA) is 198 Å². The first kappa shape index (κ1) is 54.0. The van der Waals surface area contributed by atoms with E-state index in [1.165, 1.54) is 0 Å². The first-order valence-electron chi connectivity index (χ1n) is 22.8. The Morgan fingerprint density at radius 3 is 1.18 bits per heavy atom. The molecular formula is C48H71N5O13. The van der Waals surface area contributed by atoms with E-state index in [9.17, 15) is 0 Å². The maximum atomic E-state index is 9.14. The van der Waals surface area contributed by atoms with Crippen molar-refractivity contribution in [1.29, 1.82) is 0 Å². The molecule has 0 unspecified atom stereocenters. The number of rotatable bonds is 41. The van der Waals surface area contributed by atoms with E-state index in [1.54, 1.807) is 0 Å². The Morgan fingerprint density at radius 1 is 0.394 bits per heavy atom. The maximum absolute atomic E-state index is 9.14. The Kier molecular flexibility index (Phi) is 29.1. The van der Waals surface area contributed by atoms with Crippen LogP contribution in [0.25, 0.3) is 11.4 Å². The van der Waals surface area contributed by atoms with Crippen LogP contribution in [0.3, 0.4) is 0 Å². The average Bonchev–Trinajstić information content (AvgIpc) is 3.35. The zero-order valence-corrected chi connectivity index (χ0v) is 38.6. The van der Waals surface area contributed by atoms with Gasteiger partial charge >= 0.3 is 0 Å². The minimum absolute atomic E-state index is 0.0324. The summed E-state index contributed by atoms with van der Waals surface area (Å²) in [7, 11) is 0. The molecule has 66 heavy (non-hydrogen) atoms. The van der Waals surface area contributed by atoms with Gasteiger partial charge in [0.1, 0.15) is 24.7 Å². The van der Waals surface area contributed by atoms with Crippen molar-refractivity contribution in [2.45, 2.75) is 26.4 Å². The molecular weight excluding hydrogens is 855 g/mol. The van der Waals surface area contributed by atoms with E-state index in [4.69, 9.17) is 77.6 Å².